The summed E-state index contributed by atoms with van der Waals surface area (Å²) in [7, 11) is 0. The number of halogens is 1. The topological polar surface area (TPSA) is 113 Å². The Hall–Kier alpha value is -4.17. The van der Waals surface area contributed by atoms with Crippen molar-refractivity contribution in [1.82, 2.24) is 9.97 Å². The van der Waals surface area contributed by atoms with Gasteiger partial charge in [-0.1, -0.05) is 61.0 Å². The Kier molecular flexibility index (Phi) is 6.89. The predicted octanol–water partition coefficient (Wildman–Crippen LogP) is 5.63. The maximum Gasteiger partial charge on any atom is 0.413 e. The molecule has 2 aromatic heterocycles. The van der Waals surface area contributed by atoms with Crippen LogP contribution in [0.3, 0.4) is 0 Å². The van der Waals surface area contributed by atoms with Gasteiger partial charge in [0.05, 0.1) is 11.9 Å². The number of nitrogens with zero attached hydrogens (tertiary/aromatic N) is 1. The first kappa shape index (κ1) is 23.0. The van der Waals surface area contributed by atoms with Crippen LogP contribution in [0.4, 0.5) is 16.2 Å². The Morgan fingerprint density at radius 2 is 1.82 bits per heavy atom. The van der Waals surface area contributed by atoms with E-state index in [4.69, 9.17) is 16.3 Å². The SMILES string of the molecule is CCC(=O)C(=O)Nc1cccc(-c2c[nH]c3ncc(NC(=O)OC(Cl)c4ccccc4)cc23)c1. The molecule has 172 valence electrons. The van der Waals surface area contributed by atoms with E-state index in [1.165, 1.54) is 6.20 Å². The number of hydrogen-bond acceptors (Lipinski definition) is 5. The summed E-state index contributed by atoms with van der Waals surface area (Å²) in [5, 5.41) is 6.00. The van der Waals surface area contributed by atoms with Crippen LogP contribution in [0.5, 0.6) is 0 Å². The first-order valence-electron chi connectivity index (χ1n) is 10.5. The number of fused-ring (bicyclic) bond motifs is 1. The lowest BCUT2D eigenvalue weighted by Gasteiger charge is -2.12. The number of ketones is 1. The Bertz CT molecular complexity index is 1350. The third-order valence-electron chi connectivity index (χ3n) is 5.06. The Morgan fingerprint density at radius 3 is 2.59 bits per heavy atom. The van der Waals surface area contributed by atoms with E-state index in [0.717, 1.165) is 16.5 Å². The molecule has 9 heteroatoms. The Balaban J connectivity index is 1.53. The van der Waals surface area contributed by atoms with Crippen LogP contribution < -0.4 is 10.6 Å². The number of pyridine rings is 1. The van der Waals surface area contributed by atoms with E-state index >= 15 is 0 Å². The minimum Gasteiger partial charge on any atom is -0.425 e. The quantitative estimate of drug-likeness (QED) is 0.236. The maximum atomic E-state index is 12.3. The molecule has 1 unspecified atom stereocenters. The molecule has 3 N–H and O–H groups in total. The van der Waals surface area contributed by atoms with Gasteiger partial charge in [-0.2, -0.15) is 0 Å². The van der Waals surface area contributed by atoms with Gasteiger partial charge in [0.2, 0.25) is 11.3 Å². The van der Waals surface area contributed by atoms with Gasteiger partial charge >= 0.3 is 6.09 Å². The first-order valence-corrected chi connectivity index (χ1v) is 11.0. The van der Waals surface area contributed by atoms with E-state index < -0.39 is 23.3 Å². The number of nitrogens with one attached hydrogen (secondary N) is 3. The molecule has 0 aliphatic heterocycles. The fourth-order valence-electron chi connectivity index (χ4n) is 3.35. The van der Waals surface area contributed by atoms with Crippen molar-refractivity contribution in [1.29, 1.82) is 0 Å². The third-order valence-corrected chi connectivity index (χ3v) is 5.40. The zero-order valence-electron chi connectivity index (χ0n) is 18.2. The molecule has 0 radical (unpaired) electrons. The maximum absolute atomic E-state index is 12.3. The summed E-state index contributed by atoms with van der Waals surface area (Å²) in [6, 6.07) is 17.8. The van der Waals surface area contributed by atoms with Gasteiger partial charge in [0.15, 0.2) is 0 Å². The van der Waals surface area contributed by atoms with Crippen LogP contribution in [-0.2, 0) is 14.3 Å². The number of aromatic amines is 1. The summed E-state index contributed by atoms with van der Waals surface area (Å²) in [5.74, 6) is -1.14. The first-order chi connectivity index (χ1) is 16.4. The zero-order valence-corrected chi connectivity index (χ0v) is 18.9. The number of rotatable bonds is 7. The molecule has 0 aliphatic carbocycles. The van der Waals surface area contributed by atoms with Gasteiger partial charge in [0.25, 0.3) is 5.91 Å². The molecule has 2 aromatic carbocycles. The molecule has 4 aromatic rings. The molecular formula is C25H21ClN4O4. The Morgan fingerprint density at radius 1 is 1.03 bits per heavy atom. The summed E-state index contributed by atoms with van der Waals surface area (Å²) in [6.07, 6.45) is 2.70. The average Bonchev–Trinajstić information content (AvgIpc) is 3.27. The summed E-state index contributed by atoms with van der Waals surface area (Å²) in [5.41, 5.74) is 2.86. The van der Waals surface area contributed by atoms with E-state index in [0.29, 0.717) is 22.6 Å². The molecule has 0 saturated heterocycles. The monoisotopic (exact) mass is 476 g/mol. The number of amides is 2. The van der Waals surface area contributed by atoms with E-state index in [-0.39, 0.29) is 6.42 Å². The lowest BCUT2D eigenvalue weighted by Crippen LogP contribution is -2.21. The standard InChI is InChI=1S/C25H21ClN4O4/c1-2-21(31)24(32)29-17-10-6-9-16(11-17)20-14-28-23-19(20)12-18(13-27-23)30-25(33)34-22(26)15-7-4-3-5-8-15/h3-14,22H,2H2,1H3,(H,27,28)(H,29,32)(H,30,33). The lowest BCUT2D eigenvalue weighted by molar-refractivity contribution is -0.134. The fourth-order valence-corrected chi connectivity index (χ4v) is 3.58. The van der Waals surface area contributed by atoms with Gasteiger partial charge in [-0.05, 0) is 23.8 Å². The van der Waals surface area contributed by atoms with Gasteiger partial charge < -0.3 is 15.0 Å². The molecule has 2 amide bonds. The highest BCUT2D eigenvalue weighted by Gasteiger charge is 2.16. The molecule has 0 aliphatic rings. The summed E-state index contributed by atoms with van der Waals surface area (Å²) >= 11 is 6.18. The molecule has 8 nitrogen and oxygen atoms in total. The van der Waals surface area contributed by atoms with Gasteiger partial charge in [0.1, 0.15) is 5.65 Å². The van der Waals surface area contributed by atoms with Crippen LogP contribution in [-0.4, -0.2) is 27.8 Å². The summed E-state index contributed by atoms with van der Waals surface area (Å²) < 4.78 is 5.24. The van der Waals surface area contributed by atoms with E-state index in [2.05, 4.69) is 20.6 Å². The molecule has 4 rings (SSSR count). The number of anilines is 2. The highest BCUT2D eigenvalue weighted by Crippen LogP contribution is 2.31. The molecule has 1 atom stereocenters. The molecule has 0 saturated carbocycles. The number of ether oxygens (including phenoxy) is 1. The van der Waals surface area contributed by atoms with Gasteiger partial charge in [-0.25, -0.2) is 9.78 Å². The van der Waals surface area contributed by atoms with Crippen molar-refractivity contribution in [3.63, 3.8) is 0 Å². The number of H-pyrrole nitrogens is 1. The average molecular weight is 477 g/mol. The van der Waals surface area contributed by atoms with Crippen LogP contribution in [0.25, 0.3) is 22.2 Å². The smallest absolute Gasteiger partial charge is 0.413 e. The van der Waals surface area contributed by atoms with E-state index in [1.807, 2.05) is 12.1 Å². The number of carbonyl (C=O) groups is 3. The van der Waals surface area contributed by atoms with Crippen molar-refractivity contribution in [2.75, 3.05) is 10.6 Å². The van der Waals surface area contributed by atoms with Gasteiger partial charge in [-0.3, -0.25) is 14.9 Å². The van der Waals surface area contributed by atoms with Crippen molar-refractivity contribution in [2.45, 2.75) is 18.9 Å². The second kappa shape index (κ2) is 10.2. The Labute approximate surface area is 200 Å². The molecule has 0 spiro atoms. The second-order valence-corrected chi connectivity index (χ2v) is 7.79. The van der Waals surface area contributed by atoms with Crippen molar-refractivity contribution in [3.05, 3.63) is 78.6 Å². The number of benzene rings is 2. The zero-order chi connectivity index (χ0) is 24.1. The predicted molar refractivity (Wildman–Crippen MR) is 131 cm³/mol. The van der Waals surface area contributed by atoms with Crippen molar-refractivity contribution in [2.24, 2.45) is 0 Å². The van der Waals surface area contributed by atoms with E-state index in [1.54, 1.807) is 61.7 Å². The molecule has 2 heterocycles. The van der Waals surface area contributed by atoms with Crippen molar-refractivity contribution < 1.29 is 19.1 Å². The van der Waals surface area contributed by atoms with E-state index in [9.17, 15) is 14.4 Å². The molecule has 0 fully saturated rings. The third kappa shape index (κ3) is 5.24. The van der Waals surface area contributed by atoms with Gasteiger partial charge in [0, 0.05) is 34.8 Å². The highest BCUT2D eigenvalue weighted by atomic mass is 35.5. The lowest BCUT2D eigenvalue weighted by atomic mass is 10.0. The van der Waals surface area contributed by atoms with Gasteiger partial charge in [-0.15, -0.1) is 0 Å². The van der Waals surface area contributed by atoms with Crippen molar-refractivity contribution in [3.8, 4) is 11.1 Å². The van der Waals surface area contributed by atoms with Crippen molar-refractivity contribution >= 4 is 51.8 Å². The van der Waals surface area contributed by atoms with Crippen LogP contribution in [0.15, 0.2) is 73.1 Å². The molecular weight excluding hydrogens is 456 g/mol. The fraction of sp³-hybridized carbons (Fsp3) is 0.120. The number of aromatic nitrogens is 2. The molecule has 0 bridgehead atoms. The van der Waals surface area contributed by atoms with Crippen LogP contribution in [0, 0.1) is 0 Å². The highest BCUT2D eigenvalue weighted by molar-refractivity contribution is 6.40. The van der Waals surface area contributed by atoms with Crippen LogP contribution in [0.1, 0.15) is 24.5 Å². The normalized spacial score (nSPS) is 11.6. The number of Topliss-reactive ketones (excluding diaryl/α,β-unsaturated/α-hetero) is 1. The van der Waals surface area contributed by atoms with Crippen LogP contribution >= 0.6 is 11.6 Å². The number of alkyl halides is 1. The largest absolute Gasteiger partial charge is 0.425 e. The molecule has 34 heavy (non-hydrogen) atoms. The minimum absolute atomic E-state index is 0.133. The summed E-state index contributed by atoms with van der Waals surface area (Å²) in [6.45, 7) is 1.63. The number of carbonyl (C=O) groups excluding carboxylic acids is 3. The summed E-state index contributed by atoms with van der Waals surface area (Å²) in [4.78, 5) is 43.3. The minimum atomic E-state index is -0.932. The number of hydrogen-bond donors (Lipinski definition) is 3. The second-order valence-electron chi connectivity index (χ2n) is 7.39. The van der Waals surface area contributed by atoms with Crippen LogP contribution in [0.2, 0.25) is 0 Å².